The lowest BCUT2D eigenvalue weighted by Gasteiger charge is -2.34. The molecule has 10 heteroatoms. The van der Waals surface area contributed by atoms with Gasteiger partial charge in [0.25, 0.3) is 0 Å². The molecule has 1 saturated heterocycles. The van der Waals surface area contributed by atoms with Crippen LogP contribution in [0.15, 0.2) is 41.6 Å². The Bertz CT molecular complexity index is 1200. The molecule has 0 amide bonds. The summed E-state index contributed by atoms with van der Waals surface area (Å²) in [4.78, 5) is 15.9. The number of rotatable bonds is 6. The number of hydrogen-bond acceptors (Lipinski definition) is 7. The standard InChI is InChI=1S/C22H28N6O3S/c1-5-31-19-6-8-20(9-7-19)32(29,30)27-12-10-26(11-13-27)21-14-22(25-18(4)24-21)28-15-23-16(2)17(28)3/h6-9,14-15H,5,10-13H2,1-4H3. The Hall–Kier alpha value is -2.98. The molecule has 0 spiro atoms. The van der Waals surface area contributed by atoms with Crippen molar-refractivity contribution in [3.8, 4) is 11.6 Å². The van der Waals surface area contributed by atoms with Crippen LogP contribution in [0, 0.1) is 20.8 Å². The van der Waals surface area contributed by atoms with Gasteiger partial charge in [0.1, 0.15) is 29.5 Å². The summed E-state index contributed by atoms with van der Waals surface area (Å²) in [6.45, 7) is 10.1. The van der Waals surface area contributed by atoms with Crippen LogP contribution in [0.4, 0.5) is 5.82 Å². The van der Waals surface area contributed by atoms with Crippen LogP contribution in [-0.4, -0.2) is 65.0 Å². The van der Waals surface area contributed by atoms with Crippen LogP contribution in [0.5, 0.6) is 5.75 Å². The Kier molecular flexibility index (Phi) is 6.16. The van der Waals surface area contributed by atoms with Crippen LogP contribution in [0.25, 0.3) is 5.82 Å². The molecule has 3 aromatic rings. The highest BCUT2D eigenvalue weighted by Crippen LogP contribution is 2.23. The molecule has 0 radical (unpaired) electrons. The Balaban J connectivity index is 1.49. The van der Waals surface area contributed by atoms with Crippen molar-refractivity contribution in [2.45, 2.75) is 32.6 Å². The molecule has 0 aliphatic carbocycles. The van der Waals surface area contributed by atoms with Gasteiger partial charge in [-0.2, -0.15) is 4.31 Å². The lowest BCUT2D eigenvalue weighted by molar-refractivity contribution is 0.340. The maximum atomic E-state index is 13.1. The van der Waals surface area contributed by atoms with Gasteiger partial charge in [-0.25, -0.2) is 23.4 Å². The van der Waals surface area contributed by atoms with Crippen molar-refractivity contribution in [2.24, 2.45) is 0 Å². The van der Waals surface area contributed by atoms with E-state index in [0.717, 1.165) is 23.0 Å². The zero-order valence-electron chi connectivity index (χ0n) is 18.8. The van der Waals surface area contributed by atoms with Crippen LogP contribution in [0.2, 0.25) is 0 Å². The highest BCUT2D eigenvalue weighted by Gasteiger charge is 2.29. The van der Waals surface area contributed by atoms with E-state index in [9.17, 15) is 8.42 Å². The van der Waals surface area contributed by atoms with Crippen LogP contribution in [0.3, 0.4) is 0 Å². The SMILES string of the molecule is CCOc1ccc(S(=O)(=O)N2CCN(c3cc(-n4cnc(C)c4C)nc(C)n3)CC2)cc1. The molecule has 0 N–H and O–H groups in total. The molecule has 1 aliphatic rings. The van der Waals surface area contributed by atoms with Crippen LogP contribution in [0.1, 0.15) is 24.1 Å². The van der Waals surface area contributed by atoms with E-state index in [4.69, 9.17) is 4.74 Å². The largest absolute Gasteiger partial charge is 0.494 e. The lowest BCUT2D eigenvalue weighted by Crippen LogP contribution is -2.49. The van der Waals surface area contributed by atoms with Gasteiger partial charge in [-0.05, 0) is 52.0 Å². The minimum Gasteiger partial charge on any atom is -0.494 e. The number of sulfonamides is 1. The van der Waals surface area contributed by atoms with Crippen molar-refractivity contribution in [3.63, 3.8) is 0 Å². The van der Waals surface area contributed by atoms with Gasteiger partial charge in [0.15, 0.2) is 0 Å². The van der Waals surface area contributed by atoms with Crippen molar-refractivity contribution in [1.82, 2.24) is 23.8 Å². The minimum atomic E-state index is -3.56. The fraction of sp³-hybridized carbons (Fsp3) is 0.409. The molecule has 170 valence electrons. The molecule has 9 nitrogen and oxygen atoms in total. The predicted octanol–water partition coefficient (Wildman–Crippen LogP) is 2.50. The average molecular weight is 457 g/mol. The van der Waals surface area contributed by atoms with Gasteiger partial charge in [-0.15, -0.1) is 0 Å². The monoisotopic (exact) mass is 456 g/mol. The molecule has 3 heterocycles. The zero-order chi connectivity index (χ0) is 22.9. The summed E-state index contributed by atoms with van der Waals surface area (Å²) in [5, 5.41) is 0. The topological polar surface area (TPSA) is 93.5 Å². The fourth-order valence-corrected chi connectivity index (χ4v) is 5.15. The molecular weight excluding hydrogens is 428 g/mol. The smallest absolute Gasteiger partial charge is 0.243 e. The quantitative estimate of drug-likeness (QED) is 0.563. The Morgan fingerprint density at radius 1 is 0.969 bits per heavy atom. The summed E-state index contributed by atoms with van der Waals surface area (Å²) < 4.78 is 35.0. The van der Waals surface area contributed by atoms with Crippen LogP contribution >= 0.6 is 0 Å². The van der Waals surface area contributed by atoms with Crippen molar-refractivity contribution >= 4 is 15.8 Å². The van der Waals surface area contributed by atoms with Gasteiger partial charge < -0.3 is 9.64 Å². The Labute approximate surface area is 188 Å². The third kappa shape index (κ3) is 4.33. The number of anilines is 1. The van der Waals surface area contributed by atoms with E-state index in [-0.39, 0.29) is 4.90 Å². The normalized spacial score (nSPS) is 15.2. The van der Waals surface area contributed by atoms with Crippen molar-refractivity contribution in [2.75, 3.05) is 37.7 Å². The van der Waals surface area contributed by atoms with Gasteiger partial charge in [0.05, 0.1) is 17.2 Å². The van der Waals surface area contributed by atoms with Crippen molar-refractivity contribution < 1.29 is 13.2 Å². The van der Waals surface area contributed by atoms with Gasteiger partial charge in [0, 0.05) is 37.9 Å². The fourth-order valence-electron chi connectivity index (χ4n) is 3.73. The molecular formula is C22H28N6O3S. The predicted molar refractivity (Wildman–Crippen MR) is 122 cm³/mol. The molecule has 0 saturated carbocycles. The summed E-state index contributed by atoms with van der Waals surface area (Å²) in [5.41, 5.74) is 1.98. The number of benzene rings is 1. The summed E-state index contributed by atoms with van der Waals surface area (Å²) >= 11 is 0. The van der Waals surface area contributed by atoms with Gasteiger partial charge in [-0.3, -0.25) is 4.57 Å². The summed E-state index contributed by atoms with van der Waals surface area (Å²) in [5.74, 6) is 2.87. The number of aryl methyl sites for hydroxylation is 2. The van der Waals surface area contributed by atoms with Crippen LogP contribution in [-0.2, 0) is 10.0 Å². The maximum Gasteiger partial charge on any atom is 0.243 e. The molecule has 0 atom stereocenters. The molecule has 0 unspecified atom stereocenters. The van der Waals surface area contributed by atoms with E-state index in [1.807, 2.05) is 38.3 Å². The molecule has 4 rings (SSSR count). The highest BCUT2D eigenvalue weighted by atomic mass is 32.2. The third-order valence-corrected chi connectivity index (χ3v) is 7.56. The van der Waals surface area contributed by atoms with Crippen molar-refractivity contribution in [3.05, 3.63) is 53.9 Å². The molecule has 1 aromatic carbocycles. The first-order chi connectivity index (χ1) is 15.3. The van der Waals surface area contributed by atoms with E-state index in [2.05, 4.69) is 19.9 Å². The maximum absolute atomic E-state index is 13.1. The number of nitrogens with zero attached hydrogens (tertiary/aromatic N) is 6. The summed E-state index contributed by atoms with van der Waals surface area (Å²) in [6.07, 6.45) is 1.76. The second-order valence-corrected chi connectivity index (χ2v) is 9.65. The van der Waals surface area contributed by atoms with E-state index < -0.39 is 10.0 Å². The van der Waals surface area contributed by atoms with E-state index >= 15 is 0 Å². The Morgan fingerprint density at radius 2 is 1.62 bits per heavy atom. The number of hydrogen-bond donors (Lipinski definition) is 0. The van der Waals surface area contributed by atoms with Crippen LogP contribution < -0.4 is 9.64 Å². The molecule has 32 heavy (non-hydrogen) atoms. The number of ether oxygens (including phenoxy) is 1. The van der Waals surface area contributed by atoms with E-state index in [1.54, 1.807) is 30.6 Å². The average Bonchev–Trinajstić information content (AvgIpc) is 3.12. The third-order valence-electron chi connectivity index (χ3n) is 5.64. The first kappa shape index (κ1) is 22.2. The minimum absolute atomic E-state index is 0.278. The van der Waals surface area contributed by atoms with Crippen molar-refractivity contribution in [1.29, 1.82) is 0 Å². The molecule has 0 bridgehead atoms. The first-order valence-corrected chi connectivity index (χ1v) is 12.1. The van der Waals surface area contributed by atoms with Gasteiger partial charge in [0.2, 0.25) is 10.0 Å². The van der Waals surface area contributed by atoms with E-state index in [1.165, 1.54) is 4.31 Å². The number of imidazole rings is 1. The molecule has 1 aliphatic heterocycles. The van der Waals surface area contributed by atoms with E-state index in [0.29, 0.717) is 44.4 Å². The lowest BCUT2D eigenvalue weighted by atomic mass is 10.3. The Morgan fingerprint density at radius 3 is 2.22 bits per heavy atom. The molecule has 1 fully saturated rings. The second kappa shape index (κ2) is 8.87. The summed E-state index contributed by atoms with van der Waals surface area (Å²) in [7, 11) is -3.56. The number of piperazine rings is 1. The summed E-state index contributed by atoms with van der Waals surface area (Å²) in [6, 6.07) is 8.51. The zero-order valence-corrected chi connectivity index (χ0v) is 19.6. The first-order valence-electron chi connectivity index (χ1n) is 10.6. The number of aromatic nitrogens is 4. The van der Waals surface area contributed by atoms with Gasteiger partial charge in [-0.1, -0.05) is 0 Å². The van der Waals surface area contributed by atoms with Gasteiger partial charge >= 0.3 is 0 Å². The highest BCUT2D eigenvalue weighted by molar-refractivity contribution is 7.89. The molecule has 2 aromatic heterocycles. The second-order valence-electron chi connectivity index (χ2n) is 7.71.